The van der Waals surface area contributed by atoms with Crippen molar-refractivity contribution in [1.29, 1.82) is 0 Å². The van der Waals surface area contributed by atoms with Crippen molar-refractivity contribution < 1.29 is 19.2 Å². The summed E-state index contributed by atoms with van der Waals surface area (Å²) >= 11 is 0. The molecule has 33 heavy (non-hydrogen) atoms. The highest BCUT2D eigenvalue weighted by Crippen LogP contribution is 2.27. The van der Waals surface area contributed by atoms with Gasteiger partial charge in [0.05, 0.1) is 6.04 Å². The topological polar surface area (TPSA) is 130 Å². The first-order chi connectivity index (χ1) is 15.9. The number of nitrogens with two attached hydrogens (primary N) is 1. The number of amides is 5. The molecule has 2 aliphatic heterocycles. The van der Waals surface area contributed by atoms with Crippen LogP contribution in [0.25, 0.3) is 0 Å². The minimum Gasteiger partial charge on any atom is -0.368 e. The lowest BCUT2D eigenvalue weighted by Gasteiger charge is -2.33. The van der Waals surface area contributed by atoms with E-state index in [9.17, 15) is 19.2 Å². The summed E-state index contributed by atoms with van der Waals surface area (Å²) in [6.07, 6.45) is 8.70. The molecular formula is C23H34N6O4. The average Bonchev–Trinajstić information content (AvgIpc) is 3.53. The summed E-state index contributed by atoms with van der Waals surface area (Å²) in [5.74, 6) is -1.15. The van der Waals surface area contributed by atoms with E-state index in [0.29, 0.717) is 38.0 Å². The van der Waals surface area contributed by atoms with Gasteiger partial charge < -0.3 is 30.7 Å². The van der Waals surface area contributed by atoms with Crippen LogP contribution in [0.15, 0.2) is 18.3 Å². The molecule has 4 rings (SSSR count). The summed E-state index contributed by atoms with van der Waals surface area (Å²) < 4.78 is 1.71. The average molecular weight is 459 g/mol. The number of aryl methyl sites for hydroxylation is 1. The van der Waals surface area contributed by atoms with E-state index < -0.39 is 24.0 Å². The first kappa shape index (κ1) is 23.1. The fraction of sp³-hybridized carbons (Fsp3) is 0.652. The predicted octanol–water partition coefficient (Wildman–Crippen LogP) is 0.716. The van der Waals surface area contributed by atoms with Crippen LogP contribution in [-0.4, -0.2) is 75.4 Å². The van der Waals surface area contributed by atoms with Crippen LogP contribution in [0.2, 0.25) is 0 Å². The number of hydrogen-bond acceptors (Lipinski definition) is 4. The molecule has 2 saturated heterocycles. The Morgan fingerprint density at radius 3 is 2.36 bits per heavy atom. The highest BCUT2D eigenvalue weighted by Gasteiger charge is 2.47. The van der Waals surface area contributed by atoms with Crippen LogP contribution in [0.4, 0.5) is 4.79 Å². The minimum atomic E-state index is -0.885. The quantitative estimate of drug-likeness (QED) is 0.600. The highest BCUT2D eigenvalue weighted by molar-refractivity contribution is 5.98. The minimum absolute atomic E-state index is 0.133. The largest absolute Gasteiger partial charge is 0.368 e. The van der Waals surface area contributed by atoms with E-state index in [1.54, 1.807) is 29.9 Å². The number of primary amides is 1. The summed E-state index contributed by atoms with van der Waals surface area (Å²) in [6, 6.07) is 1.20. The molecule has 0 spiro atoms. The monoisotopic (exact) mass is 458 g/mol. The van der Waals surface area contributed by atoms with Crippen LogP contribution in [-0.2, 0) is 16.6 Å². The van der Waals surface area contributed by atoms with Crippen molar-refractivity contribution in [3.63, 3.8) is 0 Å². The number of carbonyl (C=O) groups excluding carboxylic acids is 4. The van der Waals surface area contributed by atoms with Gasteiger partial charge in [-0.2, -0.15) is 0 Å². The van der Waals surface area contributed by atoms with E-state index in [2.05, 4.69) is 10.6 Å². The van der Waals surface area contributed by atoms with Crippen molar-refractivity contribution in [2.75, 3.05) is 13.1 Å². The molecular weight excluding hydrogens is 424 g/mol. The van der Waals surface area contributed by atoms with Crippen molar-refractivity contribution in [2.24, 2.45) is 12.8 Å². The fourth-order valence-corrected chi connectivity index (χ4v) is 5.45. The standard InChI is InChI=1S/C23H34N6O4/c1-27-12-5-10-18(27)21(31)29-14-11-16(26-23(33)25-15-7-3-2-4-8-15)19(29)22(32)28-13-6-9-17(28)20(24)30/h5,10,12,15-17,19H,2-4,6-9,11,13-14H2,1H3,(H2,24,30)(H2,25,26,33). The summed E-state index contributed by atoms with van der Waals surface area (Å²) in [4.78, 5) is 54.7. The molecule has 4 N–H and O–H groups in total. The van der Waals surface area contributed by atoms with Crippen LogP contribution < -0.4 is 16.4 Å². The Balaban J connectivity index is 1.54. The third-order valence-electron chi connectivity index (χ3n) is 7.20. The number of hydrogen-bond donors (Lipinski definition) is 3. The Morgan fingerprint density at radius 1 is 0.939 bits per heavy atom. The van der Waals surface area contributed by atoms with Gasteiger partial charge in [-0.05, 0) is 44.2 Å². The molecule has 0 bridgehead atoms. The van der Waals surface area contributed by atoms with Crippen molar-refractivity contribution in [1.82, 2.24) is 25.0 Å². The second-order valence-electron chi connectivity index (χ2n) is 9.39. The smallest absolute Gasteiger partial charge is 0.315 e. The van der Waals surface area contributed by atoms with Crippen LogP contribution in [0.5, 0.6) is 0 Å². The van der Waals surface area contributed by atoms with Crippen molar-refractivity contribution in [2.45, 2.75) is 75.5 Å². The number of carbonyl (C=O) groups is 4. The summed E-state index contributed by atoms with van der Waals surface area (Å²) in [5.41, 5.74) is 6.00. The lowest BCUT2D eigenvalue weighted by atomic mass is 9.96. The molecule has 0 radical (unpaired) electrons. The lowest BCUT2D eigenvalue weighted by Crippen LogP contribution is -2.59. The van der Waals surface area contributed by atoms with Gasteiger partial charge in [-0.1, -0.05) is 19.3 Å². The molecule has 1 aromatic heterocycles. The van der Waals surface area contributed by atoms with Gasteiger partial charge in [-0.15, -0.1) is 0 Å². The van der Waals surface area contributed by atoms with E-state index in [4.69, 9.17) is 5.73 Å². The van der Waals surface area contributed by atoms with E-state index in [0.717, 1.165) is 25.7 Å². The molecule has 180 valence electrons. The molecule has 0 aromatic carbocycles. The molecule has 10 heteroatoms. The Kier molecular flexibility index (Phi) is 6.90. The second-order valence-corrected chi connectivity index (χ2v) is 9.39. The van der Waals surface area contributed by atoms with Crippen LogP contribution in [0.1, 0.15) is 61.9 Å². The van der Waals surface area contributed by atoms with E-state index in [1.807, 2.05) is 0 Å². The van der Waals surface area contributed by atoms with Gasteiger partial charge in [-0.3, -0.25) is 14.4 Å². The molecule has 1 aliphatic carbocycles. The molecule has 5 amide bonds. The van der Waals surface area contributed by atoms with E-state index in [1.165, 1.54) is 16.2 Å². The molecule has 1 saturated carbocycles. The third kappa shape index (κ3) is 4.84. The van der Waals surface area contributed by atoms with Crippen molar-refractivity contribution in [3.05, 3.63) is 24.0 Å². The molecule has 3 unspecified atom stereocenters. The highest BCUT2D eigenvalue weighted by atomic mass is 16.2. The van der Waals surface area contributed by atoms with Gasteiger partial charge in [0.25, 0.3) is 5.91 Å². The Hall–Kier alpha value is -3.04. The van der Waals surface area contributed by atoms with Crippen molar-refractivity contribution >= 4 is 23.8 Å². The Labute approximate surface area is 193 Å². The van der Waals surface area contributed by atoms with Crippen molar-refractivity contribution in [3.8, 4) is 0 Å². The number of urea groups is 1. The molecule has 3 atom stereocenters. The molecule has 10 nitrogen and oxygen atoms in total. The van der Waals surface area contributed by atoms with Crippen LogP contribution >= 0.6 is 0 Å². The zero-order valence-corrected chi connectivity index (χ0v) is 19.2. The zero-order valence-electron chi connectivity index (χ0n) is 19.2. The van der Waals surface area contributed by atoms with Gasteiger partial charge >= 0.3 is 6.03 Å². The van der Waals surface area contributed by atoms with Gasteiger partial charge in [-0.25, -0.2) is 4.79 Å². The number of nitrogens with one attached hydrogen (secondary N) is 2. The van der Waals surface area contributed by atoms with Crippen LogP contribution in [0, 0.1) is 0 Å². The normalized spacial score (nSPS) is 25.8. The maximum absolute atomic E-state index is 13.7. The van der Waals surface area contributed by atoms with Gasteiger partial charge in [0.15, 0.2) is 0 Å². The number of aromatic nitrogens is 1. The first-order valence-corrected chi connectivity index (χ1v) is 12.0. The zero-order chi connectivity index (χ0) is 23.5. The number of likely N-dealkylation sites (tertiary alicyclic amines) is 2. The third-order valence-corrected chi connectivity index (χ3v) is 7.20. The number of rotatable bonds is 5. The summed E-state index contributed by atoms with van der Waals surface area (Å²) in [5, 5.41) is 5.98. The summed E-state index contributed by atoms with van der Waals surface area (Å²) in [6.45, 7) is 0.750. The molecule has 3 fully saturated rings. The fourth-order valence-electron chi connectivity index (χ4n) is 5.45. The lowest BCUT2D eigenvalue weighted by molar-refractivity contribution is -0.140. The van der Waals surface area contributed by atoms with E-state index in [-0.39, 0.29) is 23.9 Å². The SMILES string of the molecule is Cn1cccc1C(=O)N1CCC(NC(=O)NC2CCCCC2)C1C(=O)N1CCCC1C(N)=O. The van der Waals surface area contributed by atoms with E-state index >= 15 is 0 Å². The molecule has 1 aromatic rings. The molecule has 3 aliphatic rings. The molecule has 3 heterocycles. The Morgan fingerprint density at radius 2 is 1.70 bits per heavy atom. The Bertz CT molecular complexity index is 909. The van der Waals surface area contributed by atoms with Gasteiger partial charge in [0.1, 0.15) is 17.8 Å². The summed E-state index contributed by atoms with van der Waals surface area (Å²) in [7, 11) is 1.77. The second kappa shape index (κ2) is 9.84. The maximum Gasteiger partial charge on any atom is 0.315 e. The number of nitrogens with zero attached hydrogens (tertiary/aromatic N) is 3. The maximum atomic E-state index is 13.7. The van der Waals surface area contributed by atoms with Gasteiger partial charge in [0.2, 0.25) is 11.8 Å². The first-order valence-electron chi connectivity index (χ1n) is 12.0. The van der Waals surface area contributed by atoms with Crippen LogP contribution in [0.3, 0.4) is 0 Å². The predicted molar refractivity (Wildman–Crippen MR) is 121 cm³/mol. The van der Waals surface area contributed by atoms with Gasteiger partial charge in [0, 0.05) is 32.4 Å².